The molecule has 1 aliphatic carbocycles. The maximum atomic E-state index is 12.6. The van der Waals surface area contributed by atoms with Crippen LogP contribution in [0.4, 0.5) is 0 Å². The van der Waals surface area contributed by atoms with E-state index in [2.05, 4.69) is 32.9 Å². The van der Waals surface area contributed by atoms with Crippen LogP contribution in [-0.4, -0.2) is 48.3 Å². The van der Waals surface area contributed by atoms with E-state index < -0.39 is 6.69 Å². The highest BCUT2D eigenvalue weighted by atomic mass is 16.7. The Morgan fingerprint density at radius 3 is 2.40 bits per heavy atom. The van der Waals surface area contributed by atoms with Crippen LogP contribution >= 0.6 is 0 Å². The summed E-state index contributed by atoms with van der Waals surface area (Å²) in [7, 11) is 0. The zero-order chi connectivity index (χ0) is 21.4. The molecule has 1 saturated carbocycles. The summed E-state index contributed by atoms with van der Waals surface area (Å²) in [5, 5.41) is 0. The Hall–Kier alpha value is -1.86. The molecule has 1 aromatic rings. The van der Waals surface area contributed by atoms with E-state index in [4.69, 9.17) is 14.0 Å². The summed E-state index contributed by atoms with van der Waals surface area (Å²) in [6.07, 6.45) is 4.80. The van der Waals surface area contributed by atoms with Gasteiger partial charge in [-0.1, -0.05) is 63.9 Å². The molecule has 2 heterocycles. The number of carbonyl (C=O) groups excluding carboxylic acids is 2. The van der Waals surface area contributed by atoms with E-state index >= 15 is 0 Å². The first-order valence-electron chi connectivity index (χ1n) is 11.5. The normalized spacial score (nSPS) is 35.0. The van der Waals surface area contributed by atoms with Gasteiger partial charge in [0.2, 0.25) is 0 Å². The Labute approximate surface area is 179 Å². The first kappa shape index (κ1) is 21.4. The predicted molar refractivity (Wildman–Crippen MR) is 114 cm³/mol. The molecule has 2 aliphatic heterocycles. The fourth-order valence-corrected chi connectivity index (χ4v) is 6.16. The number of nitrogens with zero attached hydrogens (tertiary/aromatic N) is 1. The number of hydrogen-bond donors (Lipinski definition) is 0. The highest BCUT2D eigenvalue weighted by Gasteiger charge is 2.72. The Morgan fingerprint density at radius 1 is 1.10 bits per heavy atom. The van der Waals surface area contributed by atoms with E-state index in [0.717, 1.165) is 37.7 Å². The maximum absolute atomic E-state index is 12.6. The molecule has 3 fully saturated rings. The fraction of sp³-hybridized carbons (Fsp3) is 0.652. The van der Waals surface area contributed by atoms with Crippen molar-refractivity contribution < 1.29 is 28.0 Å². The molecule has 2 saturated heterocycles. The lowest BCUT2D eigenvalue weighted by Gasteiger charge is -2.52. The van der Waals surface area contributed by atoms with Crippen molar-refractivity contribution in [2.75, 3.05) is 13.1 Å². The maximum Gasteiger partial charge on any atom is 0.587 e. The molecule has 1 unspecified atom stereocenters. The smallest absolute Gasteiger partial charge is 0.587 e. The number of hydrogen-bond acceptors (Lipinski definition) is 5. The zero-order valence-corrected chi connectivity index (χ0v) is 18.4. The van der Waals surface area contributed by atoms with Crippen molar-refractivity contribution in [3.8, 4) is 0 Å². The van der Waals surface area contributed by atoms with Crippen LogP contribution in [0.15, 0.2) is 30.3 Å². The molecule has 4 rings (SSSR count). The highest BCUT2D eigenvalue weighted by Crippen LogP contribution is 2.50. The summed E-state index contributed by atoms with van der Waals surface area (Å²) < 4.78 is 18.6. The van der Waals surface area contributed by atoms with Gasteiger partial charge in [-0.25, -0.2) is 0 Å². The average molecular weight is 415 g/mol. The first-order valence-corrected chi connectivity index (χ1v) is 11.5. The summed E-state index contributed by atoms with van der Waals surface area (Å²) >= 11 is 0. The Kier molecular flexibility index (Phi) is 5.95. The molecule has 0 bridgehead atoms. The molecule has 0 spiro atoms. The Bertz CT molecular complexity index is 765. The minimum Gasteiger partial charge on any atom is -0.600 e. The van der Waals surface area contributed by atoms with Gasteiger partial charge >= 0.3 is 18.6 Å². The second-order valence-corrected chi connectivity index (χ2v) is 9.69. The molecule has 30 heavy (non-hydrogen) atoms. The lowest BCUT2D eigenvalue weighted by atomic mass is 9.53. The van der Waals surface area contributed by atoms with Gasteiger partial charge in [-0.2, -0.15) is 0 Å². The van der Waals surface area contributed by atoms with Gasteiger partial charge in [-0.15, -0.1) is 0 Å². The number of fused-ring (bicyclic) bond motifs is 1. The van der Waals surface area contributed by atoms with Gasteiger partial charge in [0.05, 0.1) is 12.6 Å². The van der Waals surface area contributed by atoms with E-state index in [-0.39, 0.29) is 43.0 Å². The molecular weight excluding hydrogens is 381 g/mol. The lowest BCUT2D eigenvalue weighted by Crippen LogP contribution is -2.70. The molecule has 0 radical (unpaired) electrons. The van der Waals surface area contributed by atoms with Gasteiger partial charge in [-0.05, 0) is 36.6 Å². The monoisotopic (exact) mass is 415 g/mol. The molecule has 6 nitrogen and oxygen atoms in total. The van der Waals surface area contributed by atoms with E-state index in [0.29, 0.717) is 16.9 Å². The van der Waals surface area contributed by atoms with Gasteiger partial charge in [-0.3, -0.25) is 9.59 Å². The number of rotatable bonds is 8. The second-order valence-electron chi connectivity index (χ2n) is 9.69. The van der Waals surface area contributed by atoms with Crippen LogP contribution in [0.5, 0.6) is 0 Å². The van der Waals surface area contributed by atoms with Crippen LogP contribution in [0, 0.1) is 5.92 Å². The van der Waals surface area contributed by atoms with E-state index in [1.54, 1.807) is 0 Å². The van der Waals surface area contributed by atoms with Crippen LogP contribution < -0.4 is 0 Å². The van der Waals surface area contributed by atoms with Crippen molar-refractivity contribution in [2.45, 2.75) is 77.4 Å². The first-order chi connectivity index (χ1) is 14.4. The molecule has 1 aromatic carbocycles. The minimum atomic E-state index is -2.07. The molecule has 0 N–H and O–H groups in total. The van der Waals surface area contributed by atoms with Crippen LogP contribution in [-0.2, 0) is 30.2 Å². The average Bonchev–Trinajstić information content (AvgIpc) is 3.37. The number of ether oxygens (including phenoxy) is 1. The van der Waals surface area contributed by atoms with Crippen LogP contribution in [0.25, 0.3) is 0 Å². The van der Waals surface area contributed by atoms with Crippen LogP contribution in [0.2, 0.25) is 5.82 Å². The third-order valence-corrected chi connectivity index (χ3v) is 7.74. The third kappa shape index (κ3) is 3.56. The SMILES string of the molecule is CC[C@H](C)C[C@H](C)[B-]12OC(=O)C[N+]1(C1CCC[C@@H]1OCc1ccccc1)CC(=O)O2. The fourth-order valence-electron chi connectivity index (χ4n) is 6.16. The van der Waals surface area contributed by atoms with Crippen molar-refractivity contribution in [3.05, 3.63) is 35.9 Å². The van der Waals surface area contributed by atoms with Gasteiger partial charge in [0, 0.05) is 0 Å². The molecule has 4 atom stereocenters. The summed E-state index contributed by atoms with van der Waals surface area (Å²) in [6, 6.07) is 10.2. The largest absolute Gasteiger partial charge is 0.600 e. The quantitative estimate of drug-likeness (QED) is 0.604. The van der Waals surface area contributed by atoms with Crippen molar-refractivity contribution in [2.24, 2.45) is 5.92 Å². The summed E-state index contributed by atoms with van der Waals surface area (Å²) in [4.78, 5) is 25.2. The van der Waals surface area contributed by atoms with Crippen molar-refractivity contribution in [1.82, 2.24) is 0 Å². The summed E-state index contributed by atoms with van der Waals surface area (Å²) in [6.45, 7) is 5.35. The van der Waals surface area contributed by atoms with Gasteiger partial charge in [0.1, 0.15) is 19.2 Å². The van der Waals surface area contributed by atoms with Crippen LogP contribution in [0.1, 0.15) is 58.4 Å². The third-order valence-electron chi connectivity index (χ3n) is 7.74. The van der Waals surface area contributed by atoms with Gasteiger partial charge in [0.15, 0.2) is 0 Å². The van der Waals surface area contributed by atoms with Gasteiger partial charge < -0.3 is 18.4 Å². The zero-order valence-electron chi connectivity index (χ0n) is 18.4. The summed E-state index contributed by atoms with van der Waals surface area (Å²) in [5.41, 5.74) is 1.13. The molecule has 164 valence electrons. The van der Waals surface area contributed by atoms with E-state index in [1.807, 2.05) is 18.2 Å². The number of carbonyl (C=O) groups is 2. The second kappa shape index (κ2) is 8.35. The molecular formula is C23H34BNO5. The van der Waals surface area contributed by atoms with Crippen molar-refractivity contribution in [1.29, 1.82) is 0 Å². The van der Waals surface area contributed by atoms with E-state index in [9.17, 15) is 9.59 Å². The van der Waals surface area contributed by atoms with Crippen molar-refractivity contribution in [3.63, 3.8) is 0 Å². The molecule has 3 aliphatic rings. The predicted octanol–water partition coefficient (Wildman–Crippen LogP) is 3.82. The Morgan fingerprint density at radius 2 is 1.77 bits per heavy atom. The number of benzene rings is 1. The highest BCUT2D eigenvalue weighted by molar-refractivity contribution is 6.67. The van der Waals surface area contributed by atoms with Gasteiger partial charge in [0.25, 0.3) is 0 Å². The standard InChI is InChI=1S/C23H34BNO5/c1-4-17(2)13-18(3)24-25(14-22(26)29-24,15-23(27)30-24)20-11-8-12-21(20)28-16-19-9-6-5-7-10-19/h5-7,9-10,17-18,20-21H,4,8,11-16H2,1-3H3/t17-,18-,20?,21-,24?,25?/m0/s1. The minimum absolute atomic E-state index is 0.00627. The molecule has 0 aromatic heterocycles. The topological polar surface area (TPSA) is 61.8 Å². The summed E-state index contributed by atoms with van der Waals surface area (Å²) in [5.74, 6) is -0.0156. The van der Waals surface area contributed by atoms with Crippen LogP contribution in [0.3, 0.4) is 0 Å². The van der Waals surface area contributed by atoms with Crippen molar-refractivity contribution >= 4 is 18.6 Å². The lowest BCUT2D eigenvalue weighted by molar-refractivity contribution is -0.846. The molecule has 7 heteroatoms. The Balaban J connectivity index is 1.61. The number of quaternary nitrogens is 1. The molecule has 0 amide bonds. The van der Waals surface area contributed by atoms with E-state index in [1.165, 1.54) is 0 Å².